The Balaban J connectivity index is 2.20. The molecule has 0 saturated carbocycles. The number of benzene rings is 1. The number of aromatic nitrogens is 2. The Morgan fingerprint density at radius 1 is 1.53 bits per heavy atom. The van der Waals surface area contributed by atoms with E-state index in [1.54, 1.807) is 6.07 Å². The molecule has 9 heteroatoms. The lowest BCUT2D eigenvalue weighted by molar-refractivity contribution is -0.386. The number of ether oxygens (including phenoxy) is 2. The van der Waals surface area contributed by atoms with E-state index in [9.17, 15) is 10.1 Å². The summed E-state index contributed by atoms with van der Waals surface area (Å²) in [6, 6.07) is 4.33. The Morgan fingerprint density at radius 2 is 2.32 bits per heavy atom. The second-order valence-corrected chi connectivity index (χ2v) is 4.25. The van der Waals surface area contributed by atoms with Gasteiger partial charge in [-0.25, -0.2) is 0 Å². The Hall–Kier alpha value is -2.42. The number of nitro groups is 1. The standard InChI is InChI=1S/C10H10N4O4S/c1-17-6-2-3-9(8(4-6)14(15)16)18-5-7-10(11)19-13-12-7/h2-4H,5,11H2,1H3. The van der Waals surface area contributed by atoms with Gasteiger partial charge in [0, 0.05) is 11.5 Å². The van der Waals surface area contributed by atoms with Gasteiger partial charge in [0.2, 0.25) is 0 Å². The van der Waals surface area contributed by atoms with Gasteiger partial charge in [0.05, 0.1) is 18.1 Å². The normalized spacial score (nSPS) is 10.2. The van der Waals surface area contributed by atoms with Crippen molar-refractivity contribution in [3.63, 3.8) is 0 Å². The number of nitrogen functional groups attached to an aromatic ring is 1. The molecule has 2 N–H and O–H groups in total. The van der Waals surface area contributed by atoms with Crippen LogP contribution in [0.15, 0.2) is 18.2 Å². The summed E-state index contributed by atoms with van der Waals surface area (Å²) in [4.78, 5) is 10.4. The molecule has 100 valence electrons. The molecule has 8 nitrogen and oxygen atoms in total. The Labute approximate surface area is 112 Å². The molecule has 0 amide bonds. The number of methoxy groups -OCH3 is 1. The number of hydrogen-bond donors (Lipinski definition) is 1. The summed E-state index contributed by atoms with van der Waals surface area (Å²) >= 11 is 1.04. The van der Waals surface area contributed by atoms with Crippen LogP contribution in [0.25, 0.3) is 0 Å². The van der Waals surface area contributed by atoms with Crippen LogP contribution in [-0.4, -0.2) is 21.6 Å². The Morgan fingerprint density at radius 3 is 2.89 bits per heavy atom. The maximum Gasteiger partial charge on any atom is 0.314 e. The lowest BCUT2D eigenvalue weighted by atomic mass is 10.3. The van der Waals surface area contributed by atoms with Crippen molar-refractivity contribution in [2.45, 2.75) is 6.61 Å². The van der Waals surface area contributed by atoms with Crippen molar-refractivity contribution in [1.29, 1.82) is 0 Å². The van der Waals surface area contributed by atoms with E-state index >= 15 is 0 Å². The number of nitrogens with two attached hydrogens (primary N) is 1. The van der Waals surface area contributed by atoms with Gasteiger partial charge in [0.25, 0.3) is 0 Å². The monoisotopic (exact) mass is 282 g/mol. The van der Waals surface area contributed by atoms with Gasteiger partial charge in [-0.3, -0.25) is 10.1 Å². The second-order valence-electron chi connectivity index (χ2n) is 3.46. The van der Waals surface area contributed by atoms with Crippen LogP contribution in [0.2, 0.25) is 0 Å². The van der Waals surface area contributed by atoms with E-state index in [0.717, 1.165) is 11.5 Å². The van der Waals surface area contributed by atoms with Gasteiger partial charge in [-0.15, -0.1) is 5.10 Å². The maximum atomic E-state index is 10.9. The summed E-state index contributed by atoms with van der Waals surface area (Å²) in [5, 5.41) is 15.1. The first kappa shape index (κ1) is 13.0. The molecule has 0 saturated heterocycles. The summed E-state index contributed by atoms with van der Waals surface area (Å²) in [6.07, 6.45) is 0. The van der Waals surface area contributed by atoms with Crippen molar-refractivity contribution in [3.8, 4) is 11.5 Å². The highest BCUT2D eigenvalue weighted by Crippen LogP contribution is 2.31. The smallest absolute Gasteiger partial charge is 0.314 e. The van der Waals surface area contributed by atoms with E-state index in [1.165, 1.54) is 19.2 Å². The summed E-state index contributed by atoms with van der Waals surface area (Å²) < 4.78 is 13.9. The minimum absolute atomic E-state index is 0.0233. The molecule has 0 atom stereocenters. The van der Waals surface area contributed by atoms with Crippen LogP contribution in [0, 0.1) is 10.1 Å². The third-order valence-corrected chi connectivity index (χ3v) is 2.91. The van der Waals surface area contributed by atoms with E-state index < -0.39 is 4.92 Å². The van der Waals surface area contributed by atoms with Crippen LogP contribution in [0.3, 0.4) is 0 Å². The molecule has 0 aliphatic carbocycles. The zero-order valence-electron chi connectivity index (χ0n) is 9.90. The highest BCUT2D eigenvalue weighted by molar-refractivity contribution is 7.09. The number of nitro benzene ring substituents is 1. The van der Waals surface area contributed by atoms with E-state index in [0.29, 0.717) is 16.4 Å². The first-order valence-electron chi connectivity index (χ1n) is 5.13. The minimum Gasteiger partial charge on any atom is -0.496 e. The number of anilines is 1. The first-order valence-corrected chi connectivity index (χ1v) is 5.91. The van der Waals surface area contributed by atoms with Gasteiger partial charge >= 0.3 is 5.69 Å². The Bertz CT molecular complexity index is 601. The van der Waals surface area contributed by atoms with Crippen LogP contribution in [0.4, 0.5) is 10.7 Å². The Kier molecular flexibility index (Phi) is 3.76. The third-order valence-electron chi connectivity index (χ3n) is 2.31. The van der Waals surface area contributed by atoms with Crippen LogP contribution in [0.1, 0.15) is 5.69 Å². The molecule has 0 aliphatic rings. The third kappa shape index (κ3) is 2.88. The quantitative estimate of drug-likeness (QED) is 0.654. The second kappa shape index (κ2) is 5.48. The predicted octanol–water partition coefficient (Wildman–Crippen LogP) is 1.62. The van der Waals surface area contributed by atoms with Crippen LogP contribution >= 0.6 is 11.5 Å². The van der Waals surface area contributed by atoms with E-state index in [1.807, 2.05) is 0 Å². The summed E-state index contributed by atoms with van der Waals surface area (Å²) in [5.74, 6) is 0.507. The fourth-order valence-electron chi connectivity index (χ4n) is 1.35. The minimum atomic E-state index is -0.541. The molecule has 0 unspecified atom stereocenters. The van der Waals surface area contributed by atoms with Crippen LogP contribution in [-0.2, 0) is 6.61 Å². The SMILES string of the molecule is COc1ccc(OCc2nnsc2N)c([N+](=O)[O-])c1. The highest BCUT2D eigenvalue weighted by atomic mass is 32.1. The fraction of sp³-hybridized carbons (Fsp3) is 0.200. The number of hydrogen-bond acceptors (Lipinski definition) is 8. The molecule has 0 fully saturated rings. The highest BCUT2D eigenvalue weighted by Gasteiger charge is 2.17. The zero-order valence-corrected chi connectivity index (χ0v) is 10.7. The van der Waals surface area contributed by atoms with Gasteiger partial charge in [-0.2, -0.15) is 0 Å². The number of rotatable bonds is 5. The molecule has 2 rings (SSSR count). The predicted molar refractivity (Wildman–Crippen MR) is 68.3 cm³/mol. The molecule has 0 radical (unpaired) electrons. The topological polar surface area (TPSA) is 113 Å². The summed E-state index contributed by atoms with van der Waals surface area (Å²) in [6.45, 7) is 0.0233. The van der Waals surface area contributed by atoms with Crippen molar-refractivity contribution in [3.05, 3.63) is 34.0 Å². The molecule has 0 aliphatic heterocycles. The molecule has 1 aromatic heterocycles. The van der Waals surface area contributed by atoms with E-state index in [4.69, 9.17) is 15.2 Å². The zero-order chi connectivity index (χ0) is 13.8. The fourth-order valence-corrected chi connectivity index (χ4v) is 1.78. The molecular weight excluding hydrogens is 272 g/mol. The van der Waals surface area contributed by atoms with Crippen molar-refractivity contribution >= 4 is 22.2 Å². The molecule has 19 heavy (non-hydrogen) atoms. The van der Waals surface area contributed by atoms with Gasteiger partial charge in [-0.1, -0.05) is 4.49 Å². The van der Waals surface area contributed by atoms with Gasteiger partial charge in [-0.05, 0) is 12.1 Å². The first-order chi connectivity index (χ1) is 9.11. The maximum absolute atomic E-state index is 10.9. The largest absolute Gasteiger partial charge is 0.496 e. The van der Waals surface area contributed by atoms with E-state index in [-0.39, 0.29) is 18.0 Å². The van der Waals surface area contributed by atoms with Gasteiger partial charge in [0.15, 0.2) is 5.75 Å². The van der Waals surface area contributed by atoms with Crippen molar-refractivity contribution in [1.82, 2.24) is 9.59 Å². The average molecular weight is 282 g/mol. The molecule has 2 aromatic rings. The molecule has 0 bridgehead atoms. The van der Waals surface area contributed by atoms with Crippen molar-refractivity contribution in [2.75, 3.05) is 12.8 Å². The number of nitrogens with zero attached hydrogens (tertiary/aromatic N) is 3. The summed E-state index contributed by atoms with van der Waals surface area (Å²) in [7, 11) is 1.43. The lowest BCUT2D eigenvalue weighted by Crippen LogP contribution is -2.01. The van der Waals surface area contributed by atoms with Gasteiger partial charge < -0.3 is 15.2 Å². The van der Waals surface area contributed by atoms with E-state index in [2.05, 4.69) is 9.59 Å². The average Bonchev–Trinajstić information content (AvgIpc) is 2.81. The lowest BCUT2D eigenvalue weighted by Gasteiger charge is -2.06. The van der Waals surface area contributed by atoms with Crippen LogP contribution in [0.5, 0.6) is 11.5 Å². The molecule has 1 aromatic carbocycles. The molecule has 1 heterocycles. The van der Waals surface area contributed by atoms with Gasteiger partial charge in [0.1, 0.15) is 23.1 Å². The molecule has 0 spiro atoms. The molecular formula is C10H10N4O4S. The van der Waals surface area contributed by atoms with Crippen molar-refractivity contribution in [2.24, 2.45) is 0 Å². The summed E-state index contributed by atoms with van der Waals surface area (Å²) in [5.41, 5.74) is 5.88. The van der Waals surface area contributed by atoms with Crippen molar-refractivity contribution < 1.29 is 14.4 Å². The van der Waals surface area contributed by atoms with Crippen LogP contribution < -0.4 is 15.2 Å².